The van der Waals surface area contributed by atoms with Gasteiger partial charge in [0.15, 0.2) is 0 Å². The van der Waals surface area contributed by atoms with Crippen LogP contribution in [0, 0.1) is 0 Å². The van der Waals surface area contributed by atoms with Gasteiger partial charge in [-0.1, -0.05) is 0 Å². The molecular weight excluding hydrogens is 262 g/mol. The van der Waals surface area contributed by atoms with Gasteiger partial charge in [0.05, 0.1) is 25.4 Å². The third-order valence-corrected chi connectivity index (χ3v) is 3.17. The van der Waals surface area contributed by atoms with Crippen LogP contribution in [-0.4, -0.2) is 41.2 Å². The fourth-order valence-electron chi connectivity index (χ4n) is 1.83. The Morgan fingerprint density at radius 3 is 2.73 bits per heavy atom. The van der Waals surface area contributed by atoms with Gasteiger partial charge in [0, 0.05) is 20.1 Å². The SMILES string of the molecule is Cn1nc(Br)c(CO)c1N1CCOCC1. The summed E-state index contributed by atoms with van der Waals surface area (Å²) in [5.41, 5.74) is 0.847. The topological polar surface area (TPSA) is 50.5 Å². The van der Waals surface area contributed by atoms with E-state index in [1.165, 1.54) is 0 Å². The molecule has 1 N–H and O–H groups in total. The lowest BCUT2D eigenvalue weighted by atomic mass is 10.3. The number of aliphatic hydroxyl groups excluding tert-OH is 1. The second-order valence-electron chi connectivity index (χ2n) is 3.47. The van der Waals surface area contributed by atoms with Crippen molar-refractivity contribution in [3.05, 3.63) is 10.2 Å². The zero-order valence-electron chi connectivity index (χ0n) is 8.61. The molecule has 0 amide bonds. The maximum atomic E-state index is 9.30. The van der Waals surface area contributed by atoms with Gasteiger partial charge in [0.25, 0.3) is 0 Å². The molecule has 1 saturated heterocycles. The number of morpholine rings is 1. The summed E-state index contributed by atoms with van der Waals surface area (Å²) in [6.45, 7) is 3.15. The van der Waals surface area contributed by atoms with E-state index >= 15 is 0 Å². The highest BCUT2D eigenvalue weighted by molar-refractivity contribution is 9.10. The van der Waals surface area contributed by atoms with Crippen molar-refractivity contribution in [1.29, 1.82) is 0 Å². The van der Waals surface area contributed by atoms with Crippen LogP contribution in [0.4, 0.5) is 5.82 Å². The Kier molecular flexibility index (Phi) is 3.28. The molecule has 0 radical (unpaired) electrons. The Hall–Kier alpha value is -0.590. The molecule has 0 spiro atoms. The molecule has 15 heavy (non-hydrogen) atoms. The molecule has 1 aromatic heterocycles. The molecule has 84 valence electrons. The third kappa shape index (κ3) is 2.02. The van der Waals surface area contributed by atoms with Crippen LogP contribution in [0.15, 0.2) is 4.60 Å². The number of ether oxygens (including phenoxy) is 1. The monoisotopic (exact) mass is 275 g/mol. The van der Waals surface area contributed by atoms with E-state index in [4.69, 9.17) is 4.74 Å². The molecule has 0 saturated carbocycles. The van der Waals surface area contributed by atoms with Crippen LogP contribution in [0.3, 0.4) is 0 Å². The summed E-state index contributed by atoms with van der Waals surface area (Å²) in [7, 11) is 1.88. The first-order chi connectivity index (χ1) is 7.24. The van der Waals surface area contributed by atoms with Crippen LogP contribution in [0.25, 0.3) is 0 Å². The Balaban J connectivity index is 2.32. The Labute approximate surface area is 96.8 Å². The number of hydrogen-bond donors (Lipinski definition) is 1. The van der Waals surface area contributed by atoms with E-state index < -0.39 is 0 Å². The summed E-state index contributed by atoms with van der Waals surface area (Å²) in [6, 6.07) is 0. The summed E-state index contributed by atoms with van der Waals surface area (Å²) in [5, 5.41) is 13.5. The second-order valence-corrected chi connectivity index (χ2v) is 4.23. The van der Waals surface area contributed by atoms with Gasteiger partial charge < -0.3 is 14.7 Å². The summed E-state index contributed by atoms with van der Waals surface area (Å²) in [5.74, 6) is 0.979. The first-order valence-electron chi connectivity index (χ1n) is 4.89. The van der Waals surface area contributed by atoms with Crippen molar-refractivity contribution in [3.63, 3.8) is 0 Å². The van der Waals surface area contributed by atoms with Crippen LogP contribution in [0.2, 0.25) is 0 Å². The normalized spacial score (nSPS) is 17.1. The van der Waals surface area contributed by atoms with Crippen molar-refractivity contribution in [2.45, 2.75) is 6.61 Å². The van der Waals surface area contributed by atoms with Gasteiger partial charge in [-0.3, -0.25) is 4.68 Å². The fraction of sp³-hybridized carbons (Fsp3) is 0.667. The van der Waals surface area contributed by atoms with E-state index in [1.807, 2.05) is 7.05 Å². The van der Waals surface area contributed by atoms with Crippen molar-refractivity contribution in [3.8, 4) is 0 Å². The molecule has 0 atom stereocenters. The van der Waals surface area contributed by atoms with Gasteiger partial charge in [-0.15, -0.1) is 0 Å². The van der Waals surface area contributed by atoms with Crippen molar-refractivity contribution >= 4 is 21.7 Å². The zero-order valence-corrected chi connectivity index (χ0v) is 10.2. The van der Waals surface area contributed by atoms with Gasteiger partial charge in [-0.2, -0.15) is 5.10 Å². The lowest BCUT2D eigenvalue weighted by Gasteiger charge is -2.29. The number of aromatic nitrogens is 2. The van der Waals surface area contributed by atoms with E-state index in [-0.39, 0.29) is 6.61 Å². The van der Waals surface area contributed by atoms with E-state index in [9.17, 15) is 5.11 Å². The van der Waals surface area contributed by atoms with E-state index in [0.717, 1.165) is 37.7 Å². The van der Waals surface area contributed by atoms with Crippen molar-refractivity contribution in [2.24, 2.45) is 7.05 Å². The molecule has 2 heterocycles. The average Bonchev–Trinajstić information content (AvgIpc) is 2.54. The van der Waals surface area contributed by atoms with Crippen LogP contribution in [-0.2, 0) is 18.4 Å². The maximum absolute atomic E-state index is 9.30. The molecule has 1 aliphatic rings. The molecule has 6 heteroatoms. The molecular formula is C9H14BrN3O2. The number of anilines is 1. The highest BCUT2D eigenvalue weighted by Crippen LogP contribution is 2.27. The highest BCUT2D eigenvalue weighted by atomic mass is 79.9. The smallest absolute Gasteiger partial charge is 0.135 e. The molecule has 0 bridgehead atoms. The predicted molar refractivity (Wildman–Crippen MR) is 59.9 cm³/mol. The molecule has 2 rings (SSSR count). The minimum Gasteiger partial charge on any atom is -0.391 e. The van der Waals surface area contributed by atoms with Crippen LogP contribution < -0.4 is 4.90 Å². The Morgan fingerprint density at radius 2 is 2.13 bits per heavy atom. The molecule has 0 aliphatic carbocycles. The van der Waals surface area contributed by atoms with Crippen molar-refractivity contribution in [2.75, 3.05) is 31.2 Å². The lowest BCUT2D eigenvalue weighted by molar-refractivity contribution is 0.122. The molecule has 5 nitrogen and oxygen atoms in total. The van der Waals surface area contributed by atoms with Crippen LogP contribution in [0.5, 0.6) is 0 Å². The Morgan fingerprint density at radius 1 is 1.47 bits per heavy atom. The van der Waals surface area contributed by atoms with Gasteiger partial charge in [0.1, 0.15) is 10.4 Å². The number of aliphatic hydroxyl groups is 1. The standard InChI is InChI=1S/C9H14BrN3O2/c1-12-9(7(6-14)8(10)11-12)13-2-4-15-5-3-13/h14H,2-6H2,1H3. The number of hydrogen-bond acceptors (Lipinski definition) is 4. The average molecular weight is 276 g/mol. The number of rotatable bonds is 2. The Bertz CT molecular complexity index is 347. The maximum Gasteiger partial charge on any atom is 0.135 e. The first-order valence-corrected chi connectivity index (χ1v) is 5.68. The lowest BCUT2D eigenvalue weighted by Crippen LogP contribution is -2.37. The van der Waals surface area contributed by atoms with Crippen LogP contribution in [0.1, 0.15) is 5.56 Å². The molecule has 1 aliphatic heterocycles. The van der Waals surface area contributed by atoms with E-state index in [0.29, 0.717) is 4.60 Å². The van der Waals surface area contributed by atoms with Crippen molar-refractivity contribution < 1.29 is 9.84 Å². The number of nitrogens with zero attached hydrogens (tertiary/aromatic N) is 3. The minimum absolute atomic E-state index is 0.00110. The minimum atomic E-state index is 0.00110. The highest BCUT2D eigenvalue weighted by Gasteiger charge is 2.21. The summed E-state index contributed by atoms with van der Waals surface area (Å²) in [6.07, 6.45) is 0. The van der Waals surface area contributed by atoms with Gasteiger partial charge in [-0.25, -0.2) is 0 Å². The van der Waals surface area contributed by atoms with Crippen LogP contribution >= 0.6 is 15.9 Å². The molecule has 0 unspecified atom stereocenters. The van der Waals surface area contributed by atoms with Gasteiger partial charge in [-0.05, 0) is 15.9 Å². The summed E-state index contributed by atoms with van der Waals surface area (Å²) in [4.78, 5) is 2.19. The largest absolute Gasteiger partial charge is 0.391 e. The molecule has 1 fully saturated rings. The zero-order chi connectivity index (χ0) is 10.8. The number of aryl methyl sites for hydroxylation is 1. The van der Waals surface area contributed by atoms with E-state index in [2.05, 4.69) is 25.9 Å². The first kappa shape index (κ1) is 10.9. The summed E-state index contributed by atoms with van der Waals surface area (Å²) >= 11 is 3.34. The van der Waals surface area contributed by atoms with E-state index in [1.54, 1.807) is 4.68 Å². The molecule has 0 aromatic carbocycles. The number of halogens is 1. The molecule has 1 aromatic rings. The quantitative estimate of drug-likeness (QED) is 0.855. The third-order valence-electron chi connectivity index (χ3n) is 2.53. The second kappa shape index (κ2) is 4.51. The van der Waals surface area contributed by atoms with Gasteiger partial charge in [0.2, 0.25) is 0 Å². The fourth-order valence-corrected chi connectivity index (χ4v) is 2.37. The summed E-state index contributed by atoms with van der Waals surface area (Å²) < 4.78 is 7.81. The van der Waals surface area contributed by atoms with Gasteiger partial charge >= 0.3 is 0 Å². The van der Waals surface area contributed by atoms with Crippen molar-refractivity contribution in [1.82, 2.24) is 9.78 Å². The predicted octanol–water partition coefficient (Wildman–Crippen LogP) is 0.512.